The van der Waals surface area contributed by atoms with Gasteiger partial charge in [-0.05, 0) is 6.92 Å². The Balaban J connectivity index is 2.41. The van der Waals surface area contributed by atoms with Gasteiger partial charge in [-0.1, -0.05) is 0 Å². The third-order valence-corrected chi connectivity index (χ3v) is 2.29. The monoisotopic (exact) mass is 192 g/mol. The first-order valence-corrected chi connectivity index (χ1v) is 4.64. The molecule has 0 bridgehead atoms. The van der Waals surface area contributed by atoms with E-state index in [4.69, 9.17) is 5.73 Å². The molecule has 0 unspecified atom stereocenters. The van der Waals surface area contributed by atoms with Crippen molar-refractivity contribution in [1.82, 2.24) is 15.0 Å². The van der Waals surface area contributed by atoms with Crippen LogP contribution in [0.1, 0.15) is 5.01 Å². The van der Waals surface area contributed by atoms with Crippen molar-refractivity contribution in [3.63, 3.8) is 0 Å². The van der Waals surface area contributed by atoms with E-state index in [1.54, 1.807) is 23.7 Å². The molecule has 2 aromatic heterocycles. The summed E-state index contributed by atoms with van der Waals surface area (Å²) in [6.45, 7) is 1.95. The quantitative estimate of drug-likeness (QED) is 0.743. The average molecular weight is 192 g/mol. The molecule has 2 N–H and O–H groups in total. The summed E-state index contributed by atoms with van der Waals surface area (Å²) in [5, 5.41) is 2.94. The highest BCUT2D eigenvalue weighted by atomic mass is 32.1. The molecule has 0 aromatic carbocycles. The van der Waals surface area contributed by atoms with Gasteiger partial charge in [0.1, 0.15) is 5.69 Å². The summed E-state index contributed by atoms with van der Waals surface area (Å²) in [6.07, 6.45) is 3.16. The third-order valence-electron chi connectivity index (χ3n) is 1.52. The lowest BCUT2D eigenvalue weighted by Gasteiger charge is -1.94. The first-order valence-electron chi connectivity index (χ1n) is 3.76. The Morgan fingerprint density at radius 2 is 2.00 bits per heavy atom. The van der Waals surface area contributed by atoms with Gasteiger partial charge in [0.25, 0.3) is 0 Å². The predicted octanol–water partition coefficient (Wildman–Crippen LogP) is 1.49. The maximum absolute atomic E-state index is 5.47. The normalized spacial score (nSPS) is 10.2. The van der Waals surface area contributed by atoms with Gasteiger partial charge in [-0.2, -0.15) is 0 Å². The van der Waals surface area contributed by atoms with Crippen molar-refractivity contribution in [2.45, 2.75) is 6.92 Å². The molecule has 66 valence electrons. The summed E-state index contributed by atoms with van der Waals surface area (Å²) in [5.74, 6) is 0.624. The average Bonchev–Trinajstić information content (AvgIpc) is 2.53. The van der Waals surface area contributed by atoms with Crippen LogP contribution in [0.4, 0.5) is 5.69 Å². The zero-order chi connectivity index (χ0) is 9.26. The maximum Gasteiger partial charge on any atom is 0.179 e. The molecule has 0 aliphatic heterocycles. The lowest BCUT2D eigenvalue weighted by Crippen LogP contribution is -1.92. The Labute approximate surface area is 79.5 Å². The lowest BCUT2D eigenvalue weighted by atomic mass is 10.4. The van der Waals surface area contributed by atoms with Crippen molar-refractivity contribution >= 4 is 17.0 Å². The van der Waals surface area contributed by atoms with Gasteiger partial charge < -0.3 is 5.73 Å². The van der Waals surface area contributed by atoms with E-state index in [-0.39, 0.29) is 0 Å². The molecule has 0 saturated carbocycles. The van der Waals surface area contributed by atoms with Gasteiger partial charge in [-0.15, -0.1) is 11.3 Å². The van der Waals surface area contributed by atoms with E-state index in [1.165, 1.54) is 0 Å². The van der Waals surface area contributed by atoms with Gasteiger partial charge in [-0.25, -0.2) is 15.0 Å². The Morgan fingerprint density at radius 1 is 1.31 bits per heavy atom. The van der Waals surface area contributed by atoms with Crippen molar-refractivity contribution in [2.24, 2.45) is 0 Å². The SMILES string of the molecule is Cc1nc(-c2ncc(N)cn2)cs1. The smallest absolute Gasteiger partial charge is 0.179 e. The molecule has 2 rings (SSSR count). The van der Waals surface area contributed by atoms with Crippen LogP contribution < -0.4 is 5.73 Å². The maximum atomic E-state index is 5.47. The van der Waals surface area contributed by atoms with Crippen molar-refractivity contribution in [3.8, 4) is 11.5 Å². The molecule has 2 heterocycles. The number of hydrogen-bond donors (Lipinski definition) is 1. The number of aromatic nitrogens is 3. The summed E-state index contributed by atoms with van der Waals surface area (Å²) < 4.78 is 0. The zero-order valence-electron chi connectivity index (χ0n) is 7.06. The molecule has 13 heavy (non-hydrogen) atoms. The van der Waals surface area contributed by atoms with Crippen LogP contribution in [0.3, 0.4) is 0 Å². The number of rotatable bonds is 1. The van der Waals surface area contributed by atoms with Gasteiger partial charge in [0.15, 0.2) is 5.82 Å². The summed E-state index contributed by atoms with van der Waals surface area (Å²) in [6, 6.07) is 0. The molecule has 0 aliphatic carbocycles. The molecule has 0 amide bonds. The number of anilines is 1. The highest BCUT2D eigenvalue weighted by molar-refractivity contribution is 7.09. The Morgan fingerprint density at radius 3 is 2.54 bits per heavy atom. The molecule has 0 saturated heterocycles. The Bertz CT molecular complexity index is 406. The van der Waals surface area contributed by atoms with Gasteiger partial charge >= 0.3 is 0 Å². The largest absolute Gasteiger partial charge is 0.396 e. The summed E-state index contributed by atoms with van der Waals surface area (Å²) in [7, 11) is 0. The zero-order valence-corrected chi connectivity index (χ0v) is 7.88. The van der Waals surface area contributed by atoms with E-state index in [2.05, 4.69) is 15.0 Å². The number of hydrogen-bond acceptors (Lipinski definition) is 5. The minimum atomic E-state index is 0.565. The van der Waals surface area contributed by atoms with E-state index < -0.39 is 0 Å². The summed E-state index contributed by atoms with van der Waals surface area (Å²) in [4.78, 5) is 12.4. The van der Waals surface area contributed by atoms with E-state index in [1.807, 2.05) is 12.3 Å². The topological polar surface area (TPSA) is 64.7 Å². The van der Waals surface area contributed by atoms with E-state index in [9.17, 15) is 0 Å². The second-order valence-electron chi connectivity index (χ2n) is 2.59. The molecule has 2 aromatic rings. The molecule has 0 atom stereocenters. The van der Waals surface area contributed by atoms with Gasteiger partial charge in [0.05, 0.1) is 23.1 Å². The minimum Gasteiger partial charge on any atom is -0.396 e. The molecule has 0 aliphatic rings. The molecule has 5 heteroatoms. The number of aryl methyl sites for hydroxylation is 1. The van der Waals surface area contributed by atoms with Crippen LogP contribution in [0.15, 0.2) is 17.8 Å². The first-order chi connectivity index (χ1) is 6.25. The molecule has 0 fully saturated rings. The fraction of sp³-hybridized carbons (Fsp3) is 0.125. The number of nitrogens with zero attached hydrogens (tertiary/aromatic N) is 3. The highest BCUT2D eigenvalue weighted by Gasteiger charge is 2.03. The van der Waals surface area contributed by atoms with Crippen molar-refractivity contribution < 1.29 is 0 Å². The van der Waals surface area contributed by atoms with E-state index >= 15 is 0 Å². The van der Waals surface area contributed by atoms with Crippen molar-refractivity contribution in [1.29, 1.82) is 0 Å². The highest BCUT2D eigenvalue weighted by Crippen LogP contribution is 2.17. The minimum absolute atomic E-state index is 0.565. The van der Waals surface area contributed by atoms with Crippen LogP contribution >= 0.6 is 11.3 Å². The molecule has 4 nitrogen and oxygen atoms in total. The van der Waals surface area contributed by atoms with Gasteiger partial charge in [0.2, 0.25) is 0 Å². The van der Waals surface area contributed by atoms with Crippen LogP contribution in [0.25, 0.3) is 11.5 Å². The number of nitrogen functional groups attached to an aromatic ring is 1. The summed E-state index contributed by atoms with van der Waals surface area (Å²) in [5.41, 5.74) is 6.84. The molecule has 0 radical (unpaired) electrons. The first kappa shape index (κ1) is 8.12. The van der Waals surface area contributed by atoms with Crippen LogP contribution in [0.5, 0.6) is 0 Å². The molecular weight excluding hydrogens is 184 g/mol. The summed E-state index contributed by atoms with van der Waals surface area (Å²) >= 11 is 1.58. The fourth-order valence-corrected chi connectivity index (χ4v) is 1.53. The third kappa shape index (κ3) is 1.65. The van der Waals surface area contributed by atoms with Crippen molar-refractivity contribution in [3.05, 3.63) is 22.8 Å². The van der Waals surface area contributed by atoms with Crippen LogP contribution in [0.2, 0.25) is 0 Å². The second-order valence-corrected chi connectivity index (χ2v) is 3.65. The van der Waals surface area contributed by atoms with Gasteiger partial charge in [0, 0.05) is 5.38 Å². The molecule has 0 spiro atoms. The van der Waals surface area contributed by atoms with E-state index in [0.717, 1.165) is 10.7 Å². The standard InChI is InChI=1S/C8H8N4S/c1-5-12-7(4-13-5)8-10-2-6(9)3-11-8/h2-4H,9H2,1H3. The second kappa shape index (κ2) is 3.10. The van der Waals surface area contributed by atoms with Crippen LogP contribution in [-0.2, 0) is 0 Å². The van der Waals surface area contributed by atoms with Crippen LogP contribution in [-0.4, -0.2) is 15.0 Å². The predicted molar refractivity (Wildman–Crippen MR) is 52.3 cm³/mol. The van der Waals surface area contributed by atoms with Gasteiger partial charge in [-0.3, -0.25) is 0 Å². The number of thiazole rings is 1. The van der Waals surface area contributed by atoms with E-state index in [0.29, 0.717) is 11.5 Å². The van der Waals surface area contributed by atoms with Crippen molar-refractivity contribution in [2.75, 3.05) is 5.73 Å². The Kier molecular flexibility index (Phi) is 1.94. The number of nitrogens with two attached hydrogens (primary N) is 1. The lowest BCUT2D eigenvalue weighted by molar-refractivity contribution is 1.14. The molecular formula is C8H8N4S. The fourth-order valence-electron chi connectivity index (χ4n) is 0.936. The van der Waals surface area contributed by atoms with Crippen LogP contribution in [0, 0.1) is 6.92 Å². The Hall–Kier alpha value is -1.49.